The van der Waals surface area contributed by atoms with E-state index in [0.29, 0.717) is 5.69 Å². The summed E-state index contributed by atoms with van der Waals surface area (Å²) in [6, 6.07) is 6.43. The lowest BCUT2D eigenvalue weighted by molar-refractivity contribution is -0.141. The fraction of sp³-hybridized carbons (Fsp3) is 0.188. The van der Waals surface area contributed by atoms with Crippen molar-refractivity contribution in [3.05, 3.63) is 53.6 Å². The number of halogens is 3. The molecule has 0 aliphatic carbocycles. The molecule has 0 amide bonds. The van der Waals surface area contributed by atoms with Gasteiger partial charge in [0.1, 0.15) is 5.69 Å². The van der Waals surface area contributed by atoms with Gasteiger partial charge in [-0.1, -0.05) is 6.07 Å². The van der Waals surface area contributed by atoms with Crippen LogP contribution in [-0.4, -0.2) is 20.2 Å². The number of hydrogen-bond donors (Lipinski definition) is 2. The maximum absolute atomic E-state index is 12.7. The van der Waals surface area contributed by atoms with E-state index in [4.69, 9.17) is 0 Å². The van der Waals surface area contributed by atoms with Crippen molar-refractivity contribution in [2.24, 2.45) is 0 Å². The molecule has 3 rings (SSSR count). The molecular weight excluding hydrogens is 319 g/mol. The lowest BCUT2D eigenvalue weighted by atomic mass is 10.0. The molecule has 0 radical (unpaired) electrons. The number of aromatic nitrogens is 4. The summed E-state index contributed by atoms with van der Waals surface area (Å²) in [6.07, 6.45) is -1.73. The van der Waals surface area contributed by atoms with E-state index in [2.05, 4.69) is 25.5 Å². The van der Waals surface area contributed by atoms with E-state index >= 15 is 0 Å². The first-order valence-electron chi connectivity index (χ1n) is 7.12. The van der Waals surface area contributed by atoms with Crippen molar-refractivity contribution in [3.63, 3.8) is 0 Å². The highest BCUT2D eigenvalue weighted by Crippen LogP contribution is 2.29. The van der Waals surface area contributed by atoms with E-state index in [1.54, 1.807) is 6.20 Å². The number of nitrogens with one attached hydrogen (secondary N) is 2. The molecule has 0 saturated heterocycles. The number of aromatic amines is 1. The van der Waals surface area contributed by atoms with Crippen LogP contribution in [0, 0.1) is 13.8 Å². The summed E-state index contributed by atoms with van der Waals surface area (Å²) in [7, 11) is 0. The molecule has 3 aromatic rings. The molecule has 2 heterocycles. The van der Waals surface area contributed by atoms with Crippen molar-refractivity contribution < 1.29 is 13.2 Å². The lowest BCUT2D eigenvalue weighted by Crippen LogP contribution is -2.10. The lowest BCUT2D eigenvalue weighted by Gasteiger charge is -2.11. The van der Waals surface area contributed by atoms with Crippen LogP contribution in [0.3, 0.4) is 0 Å². The van der Waals surface area contributed by atoms with Gasteiger partial charge in [-0.15, -0.1) is 0 Å². The normalized spacial score (nSPS) is 11.5. The van der Waals surface area contributed by atoms with E-state index in [1.807, 2.05) is 32.0 Å². The Hall–Kier alpha value is -2.90. The maximum Gasteiger partial charge on any atom is 0.433 e. The minimum absolute atomic E-state index is 0.106. The third kappa shape index (κ3) is 3.37. The Morgan fingerprint density at radius 1 is 1.12 bits per heavy atom. The highest BCUT2D eigenvalue weighted by Gasteiger charge is 2.32. The summed E-state index contributed by atoms with van der Waals surface area (Å²) in [5, 5.41) is 9.67. The zero-order valence-corrected chi connectivity index (χ0v) is 12.9. The zero-order chi connectivity index (χ0) is 17.3. The van der Waals surface area contributed by atoms with Crippen molar-refractivity contribution in [1.29, 1.82) is 0 Å². The van der Waals surface area contributed by atoms with Gasteiger partial charge in [-0.25, -0.2) is 9.97 Å². The second kappa shape index (κ2) is 5.95. The van der Waals surface area contributed by atoms with Crippen molar-refractivity contribution in [3.8, 4) is 11.1 Å². The number of hydrogen-bond acceptors (Lipinski definition) is 4. The minimum atomic E-state index is -4.51. The van der Waals surface area contributed by atoms with Crippen molar-refractivity contribution in [2.75, 3.05) is 5.32 Å². The third-order valence-electron chi connectivity index (χ3n) is 3.42. The fourth-order valence-electron chi connectivity index (χ4n) is 2.36. The Morgan fingerprint density at radius 2 is 1.92 bits per heavy atom. The number of alkyl halides is 3. The number of nitrogens with zero attached hydrogens (tertiary/aromatic N) is 3. The number of rotatable bonds is 3. The Labute approximate surface area is 136 Å². The summed E-state index contributed by atoms with van der Waals surface area (Å²) in [6.45, 7) is 3.80. The molecule has 0 unspecified atom stereocenters. The molecule has 8 heteroatoms. The summed E-state index contributed by atoms with van der Waals surface area (Å²) < 4.78 is 38.2. The molecule has 5 nitrogen and oxygen atoms in total. The zero-order valence-electron chi connectivity index (χ0n) is 12.9. The molecule has 24 heavy (non-hydrogen) atoms. The molecule has 124 valence electrons. The molecule has 0 atom stereocenters. The van der Waals surface area contributed by atoms with E-state index < -0.39 is 11.9 Å². The average molecular weight is 333 g/mol. The van der Waals surface area contributed by atoms with E-state index in [0.717, 1.165) is 34.6 Å². The third-order valence-corrected chi connectivity index (χ3v) is 3.42. The van der Waals surface area contributed by atoms with Crippen LogP contribution in [0.5, 0.6) is 0 Å². The predicted octanol–water partition coefficient (Wildman–Crippen LogP) is 4.25. The Bertz CT molecular complexity index is 870. The van der Waals surface area contributed by atoms with Crippen LogP contribution in [0.1, 0.15) is 17.0 Å². The molecular formula is C16H14F3N5. The fourth-order valence-corrected chi connectivity index (χ4v) is 2.36. The average Bonchev–Trinajstić information content (AvgIpc) is 2.92. The van der Waals surface area contributed by atoms with Gasteiger partial charge in [0.05, 0.1) is 6.20 Å². The first-order chi connectivity index (χ1) is 11.3. The number of benzene rings is 1. The topological polar surface area (TPSA) is 66.5 Å². The second-order valence-corrected chi connectivity index (χ2v) is 5.38. The van der Waals surface area contributed by atoms with Gasteiger partial charge in [-0.2, -0.15) is 18.3 Å². The standard InChI is InChI=1S/C16H14F3N5/c1-9-5-11(13-8-21-24-10(13)2)7-12(6-9)22-15-20-4-3-14(23-15)16(17,18)19/h3-8H,1-2H3,(H,21,24)(H,20,22,23). The molecule has 0 saturated carbocycles. The molecule has 0 aliphatic rings. The van der Waals surface area contributed by atoms with Crippen molar-refractivity contribution in [1.82, 2.24) is 20.2 Å². The predicted molar refractivity (Wildman–Crippen MR) is 83.8 cm³/mol. The number of aryl methyl sites for hydroxylation is 2. The Kier molecular flexibility index (Phi) is 3.96. The van der Waals surface area contributed by atoms with Gasteiger partial charge in [0.2, 0.25) is 5.95 Å². The first-order valence-corrected chi connectivity index (χ1v) is 7.12. The first kappa shape index (κ1) is 16.0. The smallest absolute Gasteiger partial charge is 0.324 e. The molecule has 0 spiro atoms. The Balaban J connectivity index is 1.94. The van der Waals surface area contributed by atoms with Crippen LogP contribution in [0.25, 0.3) is 11.1 Å². The molecule has 0 fully saturated rings. The van der Waals surface area contributed by atoms with Crippen LogP contribution >= 0.6 is 0 Å². The highest BCUT2D eigenvalue weighted by molar-refractivity contribution is 5.71. The van der Waals surface area contributed by atoms with Crippen LogP contribution in [0.2, 0.25) is 0 Å². The quantitative estimate of drug-likeness (QED) is 0.752. The summed E-state index contributed by atoms with van der Waals surface area (Å²) in [4.78, 5) is 7.36. The number of anilines is 2. The van der Waals surface area contributed by atoms with E-state index in [-0.39, 0.29) is 5.95 Å². The summed E-state index contributed by atoms with van der Waals surface area (Å²) in [5.41, 5.74) is 3.29. The second-order valence-electron chi connectivity index (χ2n) is 5.38. The molecule has 1 aromatic carbocycles. The van der Waals surface area contributed by atoms with Gasteiger partial charge >= 0.3 is 6.18 Å². The largest absolute Gasteiger partial charge is 0.433 e. The van der Waals surface area contributed by atoms with Gasteiger partial charge in [-0.05, 0) is 43.2 Å². The summed E-state index contributed by atoms with van der Waals surface area (Å²) >= 11 is 0. The molecule has 0 bridgehead atoms. The van der Waals surface area contributed by atoms with Crippen LogP contribution in [0.15, 0.2) is 36.7 Å². The van der Waals surface area contributed by atoms with Gasteiger partial charge < -0.3 is 5.32 Å². The van der Waals surface area contributed by atoms with Crippen LogP contribution < -0.4 is 5.32 Å². The van der Waals surface area contributed by atoms with Crippen molar-refractivity contribution in [2.45, 2.75) is 20.0 Å². The van der Waals surface area contributed by atoms with Gasteiger partial charge in [0.15, 0.2) is 0 Å². The highest BCUT2D eigenvalue weighted by atomic mass is 19.4. The van der Waals surface area contributed by atoms with E-state index in [9.17, 15) is 13.2 Å². The Morgan fingerprint density at radius 3 is 2.58 bits per heavy atom. The molecule has 2 aromatic heterocycles. The van der Waals surface area contributed by atoms with Gasteiger partial charge in [0, 0.05) is 23.1 Å². The molecule has 2 N–H and O–H groups in total. The van der Waals surface area contributed by atoms with Gasteiger partial charge in [0.25, 0.3) is 0 Å². The number of H-pyrrole nitrogens is 1. The van der Waals surface area contributed by atoms with Crippen LogP contribution in [-0.2, 0) is 6.18 Å². The van der Waals surface area contributed by atoms with E-state index in [1.165, 1.54) is 0 Å². The van der Waals surface area contributed by atoms with Gasteiger partial charge in [-0.3, -0.25) is 5.10 Å². The van der Waals surface area contributed by atoms with Crippen LogP contribution in [0.4, 0.5) is 24.8 Å². The maximum atomic E-state index is 12.7. The monoisotopic (exact) mass is 333 g/mol. The summed E-state index contributed by atoms with van der Waals surface area (Å²) in [5.74, 6) is -0.106. The minimum Gasteiger partial charge on any atom is -0.324 e. The van der Waals surface area contributed by atoms with Crippen molar-refractivity contribution >= 4 is 11.6 Å². The SMILES string of the molecule is Cc1cc(Nc2nccc(C(F)(F)F)n2)cc(-c2cn[nH]c2C)c1. The molecule has 0 aliphatic heterocycles.